The molecular formula is C21H33N3O6. The summed E-state index contributed by atoms with van der Waals surface area (Å²) in [6, 6.07) is 5.64. The Morgan fingerprint density at radius 3 is 2.07 bits per heavy atom. The van der Waals surface area contributed by atoms with Crippen molar-refractivity contribution in [1.82, 2.24) is 5.32 Å². The Kier molecular flexibility index (Phi) is 9.10. The van der Waals surface area contributed by atoms with E-state index in [1.807, 2.05) is 0 Å². The smallest absolute Gasteiger partial charge is 0.407 e. The number of nitrogens with two attached hydrogens (primary N) is 1. The van der Waals surface area contributed by atoms with E-state index in [4.69, 9.17) is 19.9 Å². The number of hydrogen-bond donors (Lipinski definition) is 3. The standard InChI is InChI=1S/C21H33N3O6/c1-20(2,3)29-18(26)16(22)13-17(25)24-14-7-9-15(10-8-14)28-12-11-23-19(27)30-21(4,5)6/h7-10,16H,11-13,22H2,1-6H3,(H,23,27)(H,24,25)/t16-/m0/s1. The minimum atomic E-state index is -1.04. The summed E-state index contributed by atoms with van der Waals surface area (Å²) in [7, 11) is 0. The Morgan fingerprint density at radius 2 is 1.53 bits per heavy atom. The molecule has 0 radical (unpaired) electrons. The monoisotopic (exact) mass is 423 g/mol. The average molecular weight is 424 g/mol. The molecule has 1 aromatic rings. The van der Waals surface area contributed by atoms with Crippen LogP contribution in [0.15, 0.2) is 24.3 Å². The van der Waals surface area contributed by atoms with E-state index in [0.29, 0.717) is 11.4 Å². The number of rotatable bonds is 8. The number of hydrogen-bond acceptors (Lipinski definition) is 7. The molecule has 0 heterocycles. The molecular weight excluding hydrogens is 390 g/mol. The van der Waals surface area contributed by atoms with Gasteiger partial charge in [-0.1, -0.05) is 0 Å². The highest BCUT2D eigenvalue weighted by atomic mass is 16.6. The van der Waals surface area contributed by atoms with E-state index >= 15 is 0 Å². The molecule has 168 valence electrons. The normalized spacial score (nSPS) is 12.5. The molecule has 1 rings (SSSR count). The van der Waals surface area contributed by atoms with Gasteiger partial charge in [0.05, 0.1) is 13.0 Å². The largest absolute Gasteiger partial charge is 0.492 e. The van der Waals surface area contributed by atoms with Gasteiger partial charge in [-0.2, -0.15) is 0 Å². The average Bonchev–Trinajstić information content (AvgIpc) is 2.57. The van der Waals surface area contributed by atoms with Crippen molar-refractivity contribution >= 4 is 23.7 Å². The van der Waals surface area contributed by atoms with Crippen LogP contribution in [0.5, 0.6) is 5.75 Å². The van der Waals surface area contributed by atoms with Crippen molar-refractivity contribution in [2.75, 3.05) is 18.5 Å². The predicted octanol–water partition coefficient (Wildman–Crippen LogP) is 2.59. The van der Waals surface area contributed by atoms with Gasteiger partial charge in [0.15, 0.2) is 0 Å². The van der Waals surface area contributed by atoms with Crippen LogP contribution in [0.4, 0.5) is 10.5 Å². The second-order valence-electron chi connectivity index (χ2n) is 8.69. The number of anilines is 1. The molecule has 0 spiro atoms. The van der Waals surface area contributed by atoms with E-state index in [1.54, 1.807) is 65.8 Å². The lowest BCUT2D eigenvalue weighted by molar-refractivity contribution is -0.157. The Balaban J connectivity index is 2.37. The molecule has 1 aromatic carbocycles. The first-order valence-corrected chi connectivity index (χ1v) is 9.73. The molecule has 0 aliphatic carbocycles. The SMILES string of the molecule is CC(C)(C)OC(=O)NCCOc1ccc(NC(=O)C[C@H](N)C(=O)OC(C)(C)C)cc1. The van der Waals surface area contributed by atoms with Gasteiger partial charge in [-0.15, -0.1) is 0 Å². The fraction of sp³-hybridized carbons (Fsp3) is 0.571. The van der Waals surface area contributed by atoms with Crippen LogP contribution in [0, 0.1) is 0 Å². The van der Waals surface area contributed by atoms with Crippen LogP contribution < -0.4 is 21.1 Å². The van der Waals surface area contributed by atoms with Crippen molar-refractivity contribution in [3.05, 3.63) is 24.3 Å². The van der Waals surface area contributed by atoms with Crippen LogP contribution >= 0.6 is 0 Å². The van der Waals surface area contributed by atoms with Gasteiger partial charge in [0.25, 0.3) is 0 Å². The highest BCUT2D eigenvalue weighted by Crippen LogP contribution is 2.16. The second kappa shape index (κ2) is 10.8. The van der Waals surface area contributed by atoms with E-state index in [2.05, 4.69) is 10.6 Å². The van der Waals surface area contributed by atoms with Crippen LogP contribution in [0.25, 0.3) is 0 Å². The van der Waals surface area contributed by atoms with Crippen LogP contribution in [-0.4, -0.2) is 48.4 Å². The lowest BCUT2D eigenvalue weighted by Gasteiger charge is -2.22. The van der Waals surface area contributed by atoms with Crippen LogP contribution in [0.3, 0.4) is 0 Å². The summed E-state index contributed by atoms with van der Waals surface area (Å²) < 4.78 is 15.8. The number of carbonyl (C=O) groups excluding carboxylic acids is 3. The van der Waals surface area contributed by atoms with E-state index < -0.39 is 35.2 Å². The molecule has 9 nitrogen and oxygen atoms in total. The molecule has 0 aliphatic rings. The number of benzene rings is 1. The van der Waals surface area contributed by atoms with Crippen molar-refractivity contribution in [1.29, 1.82) is 0 Å². The zero-order chi connectivity index (χ0) is 22.9. The van der Waals surface area contributed by atoms with Crippen molar-refractivity contribution in [2.45, 2.75) is 65.2 Å². The van der Waals surface area contributed by atoms with Gasteiger partial charge in [0.2, 0.25) is 5.91 Å². The summed E-state index contributed by atoms with van der Waals surface area (Å²) in [6.07, 6.45) is -0.697. The van der Waals surface area contributed by atoms with Gasteiger partial charge in [-0.05, 0) is 65.8 Å². The molecule has 0 saturated carbocycles. The lowest BCUT2D eigenvalue weighted by Crippen LogP contribution is -2.39. The van der Waals surface area contributed by atoms with Crippen molar-refractivity contribution in [3.8, 4) is 5.75 Å². The van der Waals surface area contributed by atoms with Crippen LogP contribution in [-0.2, 0) is 19.1 Å². The van der Waals surface area contributed by atoms with Crippen LogP contribution in [0.2, 0.25) is 0 Å². The third-order valence-corrected chi connectivity index (χ3v) is 3.29. The first-order chi connectivity index (χ1) is 13.7. The van der Waals surface area contributed by atoms with E-state index in [9.17, 15) is 14.4 Å². The molecule has 0 aliphatic heterocycles. The number of carbonyl (C=O) groups is 3. The Morgan fingerprint density at radius 1 is 0.967 bits per heavy atom. The molecule has 30 heavy (non-hydrogen) atoms. The molecule has 0 fully saturated rings. The molecule has 2 amide bonds. The number of ether oxygens (including phenoxy) is 3. The Labute approximate surface area is 177 Å². The molecule has 1 atom stereocenters. The fourth-order valence-corrected chi connectivity index (χ4v) is 2.14. The van der Waals surface area contributed by atoms with Crippen LogP contribution in [0.1, 0.15) is 48.0 Å². The van der Waals surface area contributed by atoms with E-state index in [-0.39, 0.29) is 19.6 Å². The lowest BCUT2D eigenvalue weighted by atomic mass is 10.1. The van der Waals surface area contributed by atoms with Gasteiger partial charge in [-0.25, -0.2) is 4.79 Å². The molecule has 0 unspecified atom stereocenters. The van der Waals surface area contributed by atoms with Crippen molar-refractivity contribution < 1.29 is 28.6 Å². The summed E-state index contributed by atoms with van der Waals surface area (Å²) >= 11 is 0. The van der Waals surface area contributed by atoms with Gasteiger partial charge in [-0.3, -0.25) is 9.59 Å². The van der Waals surface area contributed by atoms with E-state index in [0.717, 1.165) is 0 Å². The van der Waals surface area contributed by atoms with E-state index in [1.165, 1.54) is 0 Å². The maximum atomic E-state index is 12.1. The van der Waals surface area contributed by atoms with Crippen molar-refractivity contribution in [2.24, 2.45) is 5.73 Å². The maximum Gasteiger partial charge on any atom is 0.407 e. The Bertz CT molecular complexity index is 720. The van der Waals surface area contributed by atoms with Gasteiger partial charge in [0, 0.05) is 5.69 Å². The second-order valence-corrected chi connectivity index (χ2v) is 8.69. The maximum absolute atomic E-state index is 12.1. The third-order valence-electron chi connectivity index (χ3n) is 3.29. The van der Waals surface area contributed by atoms with Crippen molar-refractivity contribution in [3.63, 3.8) is 0 Å². The third kappa shape index (κ3) is 11.3. The molecule has 0 saturated heterocycles. The quantitative estimate of drug-likeness (QED) is 0.433. The van der Waals surface area contributed by atoms with Gasteiger partial charge in [0.1, 0.15) is 29.6 Å². The Hall–Kier alpha value is -2.81. The summed E-state index contributed by atoms with van der Waals surface area (Å²) in [5.74, 6) is -0.450. The van der Waals surface area contributed by atoms with Gasteiger partial charge < -0.3 is 30.6 Å². The summed E-state index contributed by atoms with van der Waals surface area (Å²) in [5.41, 5.74) is 5.05. The summed E-state index contributed by atoms with van der Waals surface area (Å²) in [4.78, 5) is 35.5. The number of esters is 1. The minimum Gasteiger partial charge on any atom is -0.492 e. The first kappa shape index (κ1) is 25.2. The summed E-state index contributed by atoms with van der Waals surface area (Å²) in [6.45, 7) is 11.1. The highest BCUT2D eigenvalue weighted by Gasteiger charge is 2.24. The number of nitrogens with one attached hydrogen (secondary N) is 2. The highest BCUT2D eigenvalue weighted by molar-refractivity contribution is 5.94. The molecule has 4 N–H and O–H groups in total. The minimum absolute atomic E-state index is 0.191. The zero-order valence-corrected chi connectivity index (χ0v) is 18.5. The first-order valence-electron chi connectivity index (χ1n) is 9.73. The number of amides is 2. The number of alkyl carbamates (subject to hydrolysis) is 1. The molecule has 0 aromatic heterocycles. The predicted molar refractivity (Wildman–Crippen MR) is 113 cm³/mol. The van der Waals surface area contributed by atoms with Gasteiger partial charge >= 0.3 is 12.1 Å². The topological polar surface area (TPSA) is 129 Å². The summed E-state index contributed by atoms with van der Waals surface area (Å²) in [5, 5.41) is 5.26. The molecule has 9 heteroatoms. The fourth-order valence-electron chi connectivity index (χ4n) is 2.14. The zero-order valence-electron chi connectivity index (χ0n) is 18.5. The molecule has 0 bridgehead atoms.